The molecule has 1 aromatic heterocycles. The first-order valence-electron chi connectivity index (χ1n) is 6.95. The van der Waals surface area contributed by atoms with Crippen molar-refractivity contribution in [1.29, 1.82) is 0 Å². The molecular weight excluding hydrogens is 276 g/mol. The molecule has 1 atom stereocenters. The van der Waals surface area contributed by atoms with E-state index in [1.165, 1.54) is 31.1 Å². The van der Waals surface area contributed by atoms with Gasteiger partial charge in [0.25, 0.3) is 0 Å². The molecule has 0 aromatic carbocycles. The Morgan fingerprint density at radius 3 is 2.95 bits per heavy atom. The summed E-state index contributed by atoms with van der Waals surface area (Å²) < 4.78 is 0. The van der Waals surface area contributed by atoms with Crippen LogP contribution in [0.1, 0.15) is 26.2 Å². The van der Waals surface area contributed by atoms with Gasteiger partial charge in [-0.25, -0.2) is 4.98 Å². The highest BCUT2D eigenvalue weighted by atomic mass is 32.2. The van der Waals surface area contributed by atoms with Gasteiger partial charge in [0, 0.05) is 24.4 Å². The highest BCUT2D eigenvalue weighted by molar-refractivity contribution is 7.99. The summed E-state index contributed by atoms with van der Waals surface area (Å²) in [5.41, 5.74) is 0.0347. The molecule has 1 aliphatic rings. The number of pyridine rings is 1. The molecule has 7 heteroatoms. The van der Waals surface area contributed by atoms with Crippen molar-refractivity contribution in [2.75, 3.05) is 29.5 Å². The molecule has 1 aromatic rings. The summed E-state index contributed by atoms with van der Waals surface area (Å²) in [6.07, 6.45) is 3.68. The summed E-state index contributed by atoms with van der Waals surface area (Å²) in [5.74, 6) is 2.20. The Hall–Kier alpha value is -1.50. The summed E-state index contributed by atoms with van der Waals surface area (Å²) in [5, 5.41) is 17.8. The zero-order valence-electron chi connectivity index (χ0n) is 11.6. The van der Waals surface area contributed by atoms with E-state index in [0.717, 1.165) is 13.1 Å². The average molecular weight is 296 g/mol. The van der Waals surface area contributed by atoms with E-state index in [9.17, 15) is 10.1 Å². The first-order valence-corrected chi connectivity index (χ1v) is 8.00. The van der Waals surface area contributed by atoms with Gasteiger partial charge in [0.2, 0.25) is 5.82 Å². The summed E-state index contributed by atoms with van der Waals surface area (Å²) in [6, 6.07) is 3.14. The molecule has 2 N–H and O–H groups in total. The fourth-order valence-electron chi connectivity index (χ4n) is 2.19. The maximum atomic E-state index is 11.0. The molecule has 0 saturated carbocycles. The molecule has 0 radical (unpaired) electrons. The average Bonchev–Trinajstić information content (AvgIpc) is 2.46. The van der Waals surface area contributed by atoms with Gasteiger partial charge in [-0.3, -0.25) is 10.1 Å². The lowest BCUT2D eigenvalue weighted by atomic mass is 10.2. The quantitative estimate of drug-likeness (QED) is 0.620. The lowest BCUT2D eigenvalue weighted by Crippen LogP contribution is -2.21. The third kappa shape index (κ3) is 4.00. The second-order valence-electron chi connectivity index (χ2n) is 4.72. The number of anilines is 2. The van der Waals surface area contributed by atoms with Crippen molar-refractivity contribution >= 4 is 29.1 Å². The largest absolute Gasteiger partial charge is 0.370 e. The smallest absolute Gasteiger partial charge is 0.311 e. The van der Waals surface area contributed by atoms with Crippen LogP contribution in [0.5, 0.6) is 0 Å². The number of hydrogen-bond acceptors (Lipinski definition) is 6. The van der Waals surface area contributed by atoms with Crippen LogP contribution in [0.3, 0.4) is 0 Å². The number of nitrogens with one attached hydrogen (secondary N) is 2. The molecule has 110 valence electrons. The predicted octanol–water partition coefficient (Wildman–Crippen LogP) is 3.12. The number of aromatic nitrogens is 1. The van der Waals surface area contributed by atoms with Gasteiger partial charge < -0.3 is 10.6 Å². The van der Waals surface area contributed by atoms with Gasteiger partial charge in [-0.2, -0.15) is 11.8 Å². The van der Waals surface area contributed by atoms with Gasteiger partial charge in [0.15, 0.2) is 0 Å². The third-order valence-electron chi connectivity index (χ3n) is 3.20. The number of nitro groups is 1. The monoisotopic (exact) mass is 296 g/mol. The molecule has 6 nitrogen and oxygen atoms in total. The first-order chi connectivity index (χ1) is 9.70. The van der Waals surface area contributed by atoms with E-state index in [0.29, 0.717) is 16.9 Å². The van der Waals surface area contributed by atoms with Crippen molar-refractivity contribution in [3.63, 3.8) is 0 Å². The molecule has 2 heterocycles. The molecule has 1 aliphatic heterocycles. The molecular formula is C13H20N4O2S. The second kappa shape index (κ2) is 7.33. The Balaban J connectivity index is 2.06. The Morgan fingerprint density at radius 2 is 2.30 bits per heavy atom. The molecule has 0 amide bonds. The van der Waals surface area contributed by atoms with Crippen LogP contribution >= 0.6 is 11.8 Å². The summed E-state index contributed by atoms with van der Waals surface area (Å²) >= 11 is 1.94. The maximum Gasteiger partial charge on any atom is 0.311 e. The first kappa shape index (κ1) is 14.9. The highest BCUT2D eigenvalue weighted by Gasteiger charge is 2.19. The minimum absolute atomic E-state index is 0.0347. The third-order valence-corrected chi connectivity index (χ3v) is 4.60. The van der Waals surface area contributed by atoms with Crippen molar-refractivity contribution in [1.82, 2.24) is 4.98 Å². The minimum atomic E-state index is -0.390. The van der Waals surface area contributed by atoms with Crippen LogP contribution in [-0.2, 0) is 0 Å². The molecule has 0 bridgehead atoms. The van der Waals surface area contributed by atoms with E-state index in [1.54, 1.807) is 6.07 Å². The van der Waals surface area contributed by atoms with Crippen LogP contribution < -0.4 is 10.6 Å². The van der Waals surface area contributed by atoms with Gasteiger partial charge in [0.05, 0.1) is 4.92 Å². The van der Waals surface area contributed by atoms with E-state index in [2.05, 4.69) is 15.6 Å². The molecule has 1 saturated heterocycles. The van der Waals surface area contributed by atoms with Crippen molar-refractivity contribution < 1.29 is 4.92 Å². The molecule has 1 fully saturated rings. The fraction of sp³-hybridized carbons (Fsp3) is 0.615. The fourth-order valence-corrected chi connectivity index (χ4v) is 3.43. The molecule has 2 rings (SSSR count). The number of thioether (sulfide) groups is 1. The lowest BCUT2D eigenvalue weighted by Gasteiger charge is -2.21. The Kier molecular flexibility index (Phi) is 5.46. The normalized spacial score (nSPS) is 18.6. The molecule has 1 unspecified atom stereocenters. The van der Waals surface area contributed by atoms with E-state index in [4.69, 9.17) is 0 Å². The highest BCUT2D eigenvalue weighted by Crippen LogP contribution is 2.28. The Bertz CT molecular complexity index is 464. The van der Waals surface area contributed by atoms with Crippen LogP contribution in [0, 0.1) is 10.1 Å². The van der Waals surface area contributed by atoms with Gasteiger partial charge in [-0.05, 0) is 31.6 Å². The Morgan fingerprint density at radius 1 is 1.45 bits per heavy atom. The van der Waals surface area contributed by atoms with Gasteiger partial charge in [-0.1, -0.05) is 6.42 Å². The zero-order chi connectivity index (χ0) is 14.4. The SMILES string of the molecule is CCNc1ccc([N+](=O)[O-])c(NCC2CCCCS2)n1. The van der Waals surface area contributed by atoms with Crippen molar-refractivity contribution in [3.8, 4) is 0 Å². The number of nitrogens with zero attached hydrogens (tertiary/aromatic N) is 2. The number of rotatable bonds is 6. The second-order valence-corrected chi connectivity index (χ2v) is 6.13. The van der Waals surface area contributed by atoms with Crippen LogP contribution in [-0.4, -0.2) is 34.0 Å². The van der Waals surface area contributed by atoms with Crippen molar-refractivity contribution in [3.05, 3.63) is 22.2 Å². The topological polar surface area (TPSA) is 80.1 Å². The standard InChI is InChI=1S/C13H20N4O2S/c1-2-14-12-7-6-11(17(18)19)13(16-12)15-9-10-5-3-4-8-20-10/h6-7,10H,2-5,8-9H2,1H3,(H2,14,15,16). The summed E-state index contributed by atoms with van der Waals surface area (Å²) in [4.78, 5) is 14.9. The zero-order valence-corrected chi connectivity index (χ0v) is 12.4. The summed E-state index contributed by atoms with van der Waals surface area (Å²) in [7, 11) is 0. The van der Waals surface area contributed by atoms with E-state index in [-0.39, 0.29) is 10.6 Å². The van der Waals surface area contributed by atoms with Crippen molar-refractivity contribution in [2.24, 2.45) is 0 Å². The Labute approximate surface area is 122 Å². The van der Waals surface area contributed by atoms with E-state index in [1.807, 2.05) is 18.7 Å². The number of hydrogen-bond donors (Lipinski definition) is 2. The van der Waals surface area contributed by atoms with Crippen LogP contribution in [0.4, 0.5) is 17.3 Å². The molecule has 20 heavy (non-hydrogen) atoms. The van der Waals surface area contributed by atoms with E-state index < -0.39 is 0 Å². The van der Waals surface area contributed by atoms with Crippen LogP contribution in [0.25, 0.3) is 0 Å². The lowest BCUT2D eigenvalue weighted by molar-refractivity contribution is -0.384. The molecule has 0 aliphatic carbocycles. The summed E-state index contributed by atoms with van der Waals surface area (Å²) in [6.45, 7) is 3.44. The van der Waals surface area contributed by atoms with Crippen LogP contribution in [0.15, 0.2) is 12.1 Å². The molecule has 0 spiro atoms. The van der Waals surface area contributed by atoms with Crippen molar-refractivity contribution in [2.45, 2.75) is 31.4 Å². The van der Waals surface area contributed by atoms with Gasteiger partial charge in [0.1, 0.15) is 5.82 Å². The van der Waals surface area contributed by atoms with Gasteiger partial charge >= 0.3 is 5.69 Å². The van der Waals surface area contributed by atoms with E-state index >= 15 is 0 Å². The van der Waals surface area contributed by atoms with Crippen LogP contribution in [0.2, 0.25) is 0 Å². The maximum absolute atomic E-state index is 11.0. The predicted molar refractivity (Wildman–Crippen MR) is 83.6 cm³/mol. The van der Waals surface area contributed by atoms with Gasteiger partial charge in [-0.15, -0.1) is 0 Å². The minimum Gasteiger partial charge on any atom is -0.370 e.